The van der Waals surface area contributed by atoms with Crippen LogP contribution < -0.4 is 0 Å². The lowest BCUT2D eigenvalue weighted by Gasteiger charge is -2.41. The van der Waals surface area contributed by atoms with E-state index < -0.39 is 0 Å². The monoisotopic (exact) mass is 335 g/mol. The third-order valence-corrected chi connectivity index (χ3v) is 4.63. The number of likely N-dealkylation sites (N-methyl/N-ethyl adjacent to an activating group) is 1. The van der Waals surface area contributed by atoms with Gasteiger partial charge < -0.3 is 10.2 Å². The molecule has 1 heterocycles. The molecule has 0 spiro atoms. The standard InChI is InChI=1S/C19H33N3O2/c1-16-11-21(9-10-22(16)12-17(2)23)15-19(24)14-20(3)13-18-7-5-4-6-8-18/h4-8,16-17,19,23-24H,9-15H2,1-3H3/t16-,17-,19-/m0/s1. The zero-order valence-corrected chi connectivity index (χ0v) is 15.3. The summed E-state index contributed by atoms with van der Waals surface area (Å²) >= 11 is 0. The first-order valence-corrected chi connectivity index (χ1v) is 8.99. The molecule has 2 N–H and O–H groups in total. The summed E-state index contributed by atoms with van der Waals surface area (Å²) in [6, 6.07) is 10.8. The van der Waals surface area contributed by atoms with Gasteiger partial charge in [0.05, 0.1) is 12.2 Å². The van der Waals surface area contributed by atoms with Crippen LogP contribution in [0.2, 0.25) is 0 Å². The quantitative estimate of drug-likeness (QED) is 0.738. The lowest BCUT2D eigenvalue weighted by atomic mass is 10.1. The van der Waals surface area contributed by atoms with E-state index >= 15 is 0 Å². The van der Waals surface area contributed by atoms with Gasteiger partial charge in [0.2, 0.25) is 0 Å². The van der Waals surface area contributed by atoms with Crippen molar-refractivity contribution >= 4 is 0 Å². The molecule has 1 aromatic carbocycles. The first kappa shape index (κ1) is 19.3. The van der Waals surface area contributed by atoms with Crippen molar-refractivity contribution in [3.05, 3.63) is 35.9 Å². The molecular weight excluding hydrogens is 302 g/mol. The summed E-state index contributed by atoms with van der Waals surface area (Å²) in [6.07, 6.45) is -0.620. The Morgan fingerprint density at radius 3 is 2.50 bits per heavy atom. The van der Waals surface area contributed by atoms with Crippen molar-refractivity contribution in [1.82, 2.24) is 14.7 Å². The smallest absolute Gasteiger partial charge is 0.0793 e. The van der Waals surface area contributed by atoms with E-state index in [2.05, 4.69) is 40.8 Å². The first-order valence-electron chi connectivity index (χ1n) is 8.99. The predicted molar refractivity (Wildman–Crippen MR) is 97.9 cm³/mol. The highest BCUT2D eigenvalue weighted by molar-refractivity contribution is 5.14. The molecule has 24 heavy (non-hydrogen) atoms. The molecule has 2 rings (SSSR count). The van der Waals surface area contributed by atoms with E-state index in [1.54, 1.807) is 0 Å². The van der Waals surface area contributed by atoms with Crippen molar-refractivity contribution in [3.8, 4) is 0 Å². The van der Waals surface area contributed by atoms with Gasteiger partial charge in [0.15, 0.2) is 0 Å². The maximum atomic E-state index is 10.4. The Morgan fingerprint density at radius 1 is 1.17 bits per heavy atom. The summed E-state index contributed by atoms with van der Waals surface area (Å²) in [5.74, 6) is 0. The fourth-order valence-corrected chi connectivity index (χ4v) is 3.52. The molecule has 136 valence electrons. The van der Waals surface area contributed by atoms with Crippen LogP contribution >= 0.6 is 0 Å². The van der Waals surface area contributed by atoms with Crippen LogP contribution in [0, 0.1) is 0 Å². The predicted octanol–water partition coefficient (Wildman–Crippen LogP) is 0.866. The van der Waals surface area contributed by atoms with E-state index in [0.29, 0.717) is 19.1 Å². The summed E-state index contributed by atoms with van der Waals surface area (Å²) in [4.78, 5) is 6.84. The maximum absolute atomic E-state index is 10.4. The van der Waals surface area contributed by atoms with Gasteiger partial charge in [-0.2, -0.15) is 0 Å². The number of aliphatic hydroxyl groups excluding tert-OH is 2. The minimum atomic E-state index is -0.339. The van der Waals surface area contributed by atoms with Crippen molar-refractivity contribution in [3.63, 3.8) is 0 Å². The first-order chi connectivity index (χ1) is 11.4. The van der Waals surface area contributed by atoms with Crippen LogP contribution in [0.15, 0.2) is 30.3 Å². The van der Waals surface area contributed by atoms with Crippen molar-refractivity contribution in [2.45, 2.75) is 38.6 Å². The van der Waals surface area contributed by atoms with Gasteiger partial charge in [0.1, 0.15) is 0 Å². The fraction of sp³-hybridized carbons (Fsp3) is 0.684. The van der Waals surface area contributed by atoms with Gasteiger partial charge in [0.25, 0.3) is 0 Å². The zero-order valence-electron chi connectivity index (χ0n) is 15.3. The zero-order chi connectivity index (χ0) is 17.5. The Kier molecular flexibility index (Phi) is 7.65. The Bertz CT molecular complexity index is 469. The van der Waals surface area contributed by atoms with Gasteiger partial charge in [-0.05, 0) is 26.5 Å². The van der Waals surface area contributed by atoms with Gasteiger partial charge in [-0.3, -0.25) is 14.7 Å². The summed E-state index contributed by atoms with van der Waals surface area (Å²) in [5, 5.41) is 20.0. The van der Waals surface area contributed by atoms with Crippen LogP contribution in [0.1, 0.15) is 19.4 Å². The minimum Gasteiger partial charge on any atom is -0.392 e. The van der Waals surface area contributed by atoms with E-state index in [1.807, 2.05) is 25.1 Å². The molecule has 0 aliphatic carbocycles. The van der Waals surface area contributed by atoms with Gasteiger partial charge in [0, 0.05) is 51.9 Å². The van der Waals surface area contributed by atoms with Crippen molar-refractivity contribution < 1.29 is 10.2 Å². The number of piperazine rings is 1. The van der Waals surface area contributed by atoms with Gasteiger partial charge in [-0.25, -0.2) is 0 Å². The van der Waals surface area contributed by atoms with Crippen LogP contribution in [0.5, 0.6) is 0 Å². The van der Waals surface area contributed by atoms with Crippen molar-refractivity contribution in [2.24, 2.45) is 0 Å². The molecule has 1 aliphatic rings. The highest BCUT2D eigenvalue weighted by Gasteiger charge is 2.25. The molecule has 3 atom stereocenters. The molecule has 0 bridgehead atoms. The summed E-state index contributed by atoms with van der Waals surface area (Å²) in [5.41, 5.74) is 1.27. The molecule has 5 heteroatoms. The third kappa shape index (κ3) is 6.49. The highest BCUT2D eigenvalue weighted by atomic mass is 16.3. The number of β-amino-alcohol motifs (C(OH)–C–C–N with tert-alkyl or cyclic N) is 2. The van der Waals surface area contributed by atoms with Crippen molar-refractivity contribution in [1.29, 1.82) is 0 Å². The topological polar surface area (TPSA) is 50.2 Å². The minimum absolute atomic E-state index is 0.281. The molecule has 0 aromatic heterocycles. The Labute approximate surface area is 146 Å². The molecule has 1 aliphatic heterocycles. The number of benzene rings is 1. The van der Waals surface area contributed by atoms with Crippen molar-refractivity contribution in [2.75, 3.05) is 46.3 Å². The normalized spacial score (nSPS) is 22.7. The fourth-order valence-electron chi connectivity index (χ4n) is 3.52. The number of hydrogen-bond donors (Lipinski definition) is 2. The van der Waals surface area contributed by atoms with E-state index in [-0.39, 0.29) is 12.2 Å². The lowest BCUT2D eigenvalue weighted by molar-refractivity contribution is 0.0175. The average Bonchev–Trinajstić information content (AvgIpc) is 2.50. The lowest BCUT2D eigenvalue weighted by Crippen LogP contribution is -2.55. The van der Waals surface area contributed by atoms with E-state index in [9.17, 15) is 10.2 Å². The van der Waals surface area contributed by atoms with Crippen LogP contribution in [0.25, 0.3) is 0 Å². The van der Waals surface area contributed by atoms with Crippen LogP contribution in [-0.4, -0.2) is 89.5 Å². The summed E-state index contributed by atoms with van der Waals surface area (Å²) in [7, 11) is 2.05. The second-order valence-corrected chi connectivity index (χ2v) is 7.29. The molecule has 0 saturated carbocycles. The summed E-state index contributed by atoms with van der Waals surface area (Å²) < 4.78 is 0. The Morgan fingerprint density at radius 2 is 1.88 bits per heavy atom. The average molecular weight is 335 g/mol. The molecule has 5 nitrogen and oxygen atoms in total. The molecule has 1 fully saturated rings. The second kappa shape index (κ2) is 9.49. The number of nitrogens with zero attached hydrogens (tertiary/aromatic N) is 3. The second-order valence-electron chi connectivity index (χ2n) is 7.29. The number of aliphatic hydroxyl groups is 2. The Balaban J connectivity index is 1.71. The number of hydrogen-bond acceptors (Lipinski definition) is 5. The van der Waals surface area contributed by atoms with E-state index in [0.717, 1.165) is 32.7 Å². The van der Waals surface area contributed by atoms with E-state index in [1.165, 1.54) is 5.56 Å². The molecule has 1 aromatic rings. The summed E-state index contributed by atoms with van der Waals surface area (Å²) in [6.45, 7) is 9.88. The van der Waals surface area contributed by atoms with Crippen LogP contribution in [0.4, 0.5) is 0 Å². The van der Waals surface area contributed by atoms with Crippen LogP contribution in [0.3, 0.4) is 0 Å². The largest absolute Gasteiger partial charge is 0.392 e. The maximum Gasteiger partial charge on any atom is 0.0793 e. The SMILES string of the molecule is C[C@H](O)CN1CCN(C[C@@H](O)CN(C)Cc2ccccc2)C[C@@H]1C. The molecule has 1 saturated heterocycles. The highest BCUT2D eigenvalue weighted by Crippen LogP contribution is 2.11. The third-order valence-electron chi connectivity index (χ3n) is 4.63. The molecule has 0 amide bonds. The number of rotatable bonds is 8. The molecular formula is C19H33N3O2. The molecule has 0 radical (unpaired) electrons. The van der Waals surface area contributed by atoms with E-state index in [4.69, 9.17) is 0 Å². The Hall–Kier alpha value is -0.980. The van der Waals surface area contributed by atoms with Gasteiger partial charge in [-0.1, -0.05) is 30.3 Å². The van der Waals surface area contributed by atoms with Gasteiger partial charge >= 0.3 is 0 Å². The van der Waals surface area contributed by atoms with Gasteiger partial charge in [-0.15, -0.1) is 0 Å². The van der Waals surface area contributed by atoms with Crippen LogP contribution in [-0.2, 0) is 6.54 Å². The molecule has 0 unspecified atom stereocenters.